The molecule has 1 N–H and O–H groups in total. The molecule has 1 aromatic rings. The van der Waals surface area contributed by atoms with Gasteiger partial charge in [0, 0.05) is 7.11 Å². The Morgan fingerprint density at radius 2 is 2.21 bits per heavy atom. The molecule has 0 saturated heterocycles. The van der Waals surface area contributed by atoms with Gasteiger partial charge < -0.3 is 4.74 Å². The average Bonchev–Trinajstić information content (AvgIpc) is 2.14. The minimum atomic E-state index is -1.16. The van der Waals surface area contributed by atoms with Gasteiger partial charge in [0.2, 0.25) is 5.82 Å². The number of aromatic nitrogens is 2. The van der Waals surface area contributed by atoms with Gasteiger partial charge in [-0.25, -0.2) is 4.79 Å². The Hall–Kier alpha value is -1.14. The van der Waals surface area contributed by atoms with Crippen molar-refractivity contribution >= 4 is 11.6 Å². The van der Waals surface area contributed by atoms with Crippen molar-refractivity contribution in [1.29, 1.82) is 0 Å². The minimum Gasteiger partial charge on any atom is -0.383 e. The third-order valence-corrected chi connectivity index (χ3v) is 1.87. The van der Waals surface area contributed by atoms with Crippen LogP contribution >= 0.6 is 11.6 Å². The molecule has 0 aliphatic rings. The highest BCUT2D eigenvalue weighted by Gasteiger charge is 2.11. The third kappa shape index (κ3) is 2.02. The van der Waals surface area contributed by atoms with E-state index in [4.69, 9.17) is 11.6 Å². The quantitative estimate of drug-likeness (QED) is 0.731. The van der Waals surface area contributed by atoms with Crippen molar-refractivity contribution in [3.8, 4) is 0 Å². The summed E-state index contributed by atoms with van der Waals surface area (Å²) in [7, 11) is 1.41. The summed E-state index contributed by atoms with van der Waals surface area (Å²) in [6.45, 7) is 0.128. The number of hydrogen-bond acceptors (Lipinski definition) is 3. The zero-order chi connectivity index (χ0) is 10.7. The first kappa shape index (κ1) is 10.9. The van der Waals surface area contributed by atoms with Gasteiger partial charge in [-0.05, 0) is 0 Å². The highest BCUT2D eigenvalue weighted by atomic mass is 35.5. The molecular weight excluding hydrogens is 215 g/mol. The zero-order valence-corrected chi connectivity index (χ0v) is 8.10. The number of aromatic amines is 1. The Kier molecular flexibility index (Phi) is 3.43. The van der Waals surface area contributed by atoms with Crippen LogP contribution in [0.2, 0.25) is 5.15 Å². The molecule has 1 rings (SSSR count). The summed E-state index contributed by atoms with van der Waals surface area (Å²) in [5.74, 6) is -1.16. The largest absolute Gasteiger partial charge is 0.383 e. The molecule has 0 aliphatic carbocycles. The van der Waals surface area contributed by atoms with E-state index >= 15 is 0 Å². The summed E-state index contributed by atoms with van der Waals surface area (Å²) >= 11 is 5.25. The van der Waals surface area contributed by atoms with Crippen molar-refractivity contribution in [2.24, 2.45) is 0 Å². The SMILES string of the molecule is COCCn1c(=O)[nH]c(Cl)c(F)c1=O. The van der Waals surface area contributed by atoms with Crippen molar-refractivity contribution in [3.05, 3.63) is 31.8 Å². The molecule has 7 heteroatoms. The number of methoxy groups -OCH3 is 1. The van der Waals surface area contributed by atoms with Crippen molar-refractivity contribution in [1.82, 2.24) is 9.55 Å². The standard InChI is InChI=1S/C7H8ClFN2O3/c1-14-3-2-11-6(12)4(9)5(8)10-7(11)13/h2-3H2,1H3,(H,10,13). The monoisotopic (exact) mass is 222 g/mol. The van der Waals surface area contributed by atoms with Gasteiger partial charge in [-0.3, -0.25) is 14.3 Å². The molecule has 0 atom stereocenters. The first-order valence-electron chi connectivity index (χ1n) is 3.75. The molecule has 5 nitrogen and oxygen atoms in total. The van der Waals surface area contributed by atoms with E-state index in [1.54, 1.807) is 0 Å². The predicted octanol–water partition coefficient (Wildman–Crippen LogP) is -0.0245. The maximum Gasteiger partial charge on any atom is 0.329 e. The van der Waals surface area contributed by atoms with Gasteiger partial charge in [0.1, 0.15) is 0 Å². The van der Waals surface area contributed by atoms with E-state index in [0.717, 1.165) is 0 Å². The highest BCUT2D eigenvalue weighted by molar-refractivity contribution is 6.29. The van der Waals surface area contributed by atoms with Crippen molar-refractivity contribution in [2.75, 3.05) is 13.7 Å². The van der Waals surface area contributed by atoms with Gasteiger partial charge in [0.05, 0.1) is 13.2 Å². The van der Waals surface area contributed by atoms with Gasteiger partial charge >= 0.3 is 5.69 Å². The second kappa shape index (κ2) is 4.39. The molecule has 0 fully saturated rings. The summed E-state index contributed by atoms with van der Waals surface area (Å²) in [4.78, 5) is 24.3. The Morgan fingerprint density at radius 3 is 2.79 bits per heavy atom. The van der Waals surface area contributed by atoms with Crippen LogP contribution in [0.5, 0.6) is 0 Å². The van der Waals surface area contributed by atoms with Crippen LogP contribution in [-0.4, -0.2) is 23.3 Å². The molecule has 0 bridgehead atoms. The van der Waals surface area contributed by atoms with Crippen LogP contribution < -0.4 is 11.2 Å². The number of nitrogens with one attached hydrogen (secondary N) is 1. The lowest BCUT2D eigenvalue weighted by Gasteiger charge is -2.03. The van der Waals surface area contributed by atoms with Crippen LogP contribution in [0.15, 0.2) is 9.59 Å². The van der Waals surface area contributed by atoms with E-state index in [9.17, 15) is 14.0 Å². The Bertz CT molecular complexity index is 440. The molecule has 1 aromatic heterocycles. The molecule has 0 unspecified atom stereocenters. The van der Waals surface area contributed by atoms with E-state index in [2.05, 4.69) is 4.74 Å². The lowest BCUT2D eigenvalue weighted by molar-refractivity contribution is 0.184. The molecule has 0 aliphatic heterocycles. The first-order chi connectivity index (χ1) is 6.57. The van der Waals surface area contributed by atoms with Crippen LogP contribution in [0, 0.1) is 5.82 Å². The van der Waals surface area contributed by atoms with Crippen LogP contribution in [0.1, 0.15) is 0 Å². The summed E-state index contributed by atoms with van der Waals surface area (Å²) in [6, 6.07) is 0. The zero-order valence-electron chi connectivity index (χ0n) is 7.34. The molecule has 78 valence electrons. The predicted molar refractivity (Wildman–Crippen MR) is 48.2 cm³/mol. The normalized spacial score (nSPS) is 10.5. The average molecular weight is 223 g/mol. The summed E-state index contributed by atoms with van der Waals surface area (Å²) in [5, 5.41) is -0.575. The maximum atomic E-state index is 12.9. The summed E-state index contributed by atoms with van der Waals surface area (Å²) in [6.07, 6.45) is 0. The number of halogens is 2. The van der Waals surface area contributed by atoms with Crippen LogP contribution in [0.4, 0.5) is 4.39 Å². The molecule has 0 saturated carbocycles. The molecule has 0 spiro atoms. The molecule has 0 radical (unpaired) electrons. The first-order valence-corrected chi connectivity index (χ1v) is 4.12. The van der Waals surface area contributed by atoms with Gasteiger partial charge in [-0.1, -0.05) is 11.6 Å². The second-order valence-electron chi connectivity index (χ2n) is 2.51. The molecule has 1 heterocycles. The number of rotatable bonds is 3. The second-order valence-corrected chi connectivity index (χ2v) is 2.89. The lowest BCUT2D eigenvalue weighted by Crippen LogP contribution is -2.38. The third-order valence-electron chi connectivity index (χ3n) is 1.61. The Labute approximate surface area is 83.1 Å². The van der Waals surface area contributed by atoms with Crippen molar-refractivity contribution in [2.45, 2.75) is 6.54 Å². The molecule has 0 aromatic carbocycles. The van der Waals surface area contributed by atoms with Crippen molar-refractivity contribution in [3.63, 3.8) is 0 Å². The number of hydrogen-bond donors (Lipinski definition) is 1. The fraction of sp³-hybridized carbons (Fsp3) is 0.429. The molecule has 14 heavy (non-hydrogen) atoms. The minimum absolute atomic E-state index is 0.0151. The van der Waals surface area contributed by atoms with Crippen molar-refractivity contribution < 1.29 is 9.13 Å². The number of H-pyrrole nitrogens is 1. The number of nitrogens with zero attached hydrogens (tertiary/aromatic N) is 1. The lowest BCUT2D eigenvalue weighted by atomic mass is 10.5. The van der Waals surface area contributed by atoms with Crippen LogP contribution in [-0.2, 0) is 11.3 Å². The highest BCUT2D eigenvalue weighted by Crippen LogP contribution is 2.01. The van der Waals surface area contributed by atoms with Crippen LogP contribution in [0.25, 0.3) is 0 Å². The van der Waals surface area contributed by atoms with Crippen LogP contribution in [0.3, 0.4) is 0 Å². The van der Waals surface area contributed by atoms with E-state index in [-0.39, 0.29) is 13.2 Å². The van der Waals surface area contributed by atoms with Gasteiger partial charge in [0.15, 0.2) is 5.15 Å². The van der Waals surface area contributed by atoms with E-state index < -0.39 is 22.2 Å². The fourth-order valence-corrected chi connectivity index (χ4v) is 1.07. The Balaban J connectivity index is 3.23. The summed E-state index contributed by atoms with van der Waals surface area (Å²) in [5.41, 5.74) is -1.80. The van der Waals surface area contributed by atoms with Gasteiger partial charge in [0.25, 0.3) is 5.56 Å². The number of ether oxygens (including phenoxy) is 1. The maximum absolute atomic E-state index is 12.9. The topological polar surface area (TPSA) is 64.1 Å². The van der Waals surface area contributed by atoms with Gasteiger partial charge in [-0.2, -0.15) is 4.39 Å². The summed E-state index contributed by atoms with van der Waals surface area (Å²) < 4.78 is 18.3. The van der Waals surface area contributed by atoms with E-state index in [0.29, 0.717) is 4.57 Å². The van der Waals surface area contributed by atoms with E-state index in [1.165, 1.54) is 7.11 Å². The molecule has 0 amide bonds. The van der Waals surface area contributed by atoms with E-state index in [1.807, 2.05) is 4.98 Å². The Morgan fingerprint density at radius 1 is 1.57 bits per heavy atom. The smallest absolute Gasteiger partial charge is 0.329 e. The van der Waals surface area contributed by atoms with Gasteiger partial charge in [-0.15, -0.1) is 0 Å². The molecular formula is C7H8ClFN2O3. The fourth-order valence-electron chi connectivity index (χ4n) is 0.907.